The van der Waals surface area contributed by atoms with Crippen molar-refractivity contribution in [3.05, 3.63) is 71.0 Å². The lowest BCUT2D eigenvalue weighted by molar-refractivity contribution is -0.121. The van der Waals surface area contributed by atoms with Gasteiger partial charge in [0.2, 0.25) is 0 Å². The number of benzene rings is 2. The summed E-state index contributed by atoms with van der Waals surface area (Å²) in [6.07, 6.45) is 0. The molecule has 0 aromatic heterocycles. The van der Waals surface area contributed by atoms with Crippen molar-refractivity contribution in [1.29, 1.82) is 0 Å². The Morgan fingerprint density at radius 3 is 2.26 bits per heavy atom. The van der Waals surface area contributed by atoms with Gasteiger partial charge in [-0.25, -0.2) is 13.7 Å². The molecule has 0 fully saturated rings. The first-order valence-electron chi connectivity index (χ1n) is 6.74. The highest BCUT2D eigenvalue weighted by Gasteiger charge is 2.41. The molecule has 0 spiro atoms. The molecule has 116 valence electrons. The van der Waals surface area contributed by atoms with E-state index in [-0.39, 0.29) is 5.57 Å². The number of rotatable bonds is 2. The van der Waals surface area contributed by atoms with E-state index in [9.17, 15) is 23.5 Å². The van der Waals surface area contributed by atoms with Gasteiger partial charge in [0.1, 0.15) is 11.6 Å². The number of aliphatic hydroxyl groups is 1. The van der Waals surface area contributed by atoms with Crippen LogP contribution < -0.4 is 4.90 Å². The van der Waals surface area contributed by atoms with Crippen molar-refractivity contribution >= 4 is 23.1 Å². The Balaban J connectivity index is 2.09. The third kappa shape index (κ3) is 2.38. The lowest BCUT2D eigenvalue weighted by Gasteiger charge is -2.15. The van der Waals surface area contributed by atoms with E-state index >= 15 is 0 Å². The first-order valence-corrected chi connectivity index (χ1v) is 6.74. The molecule has 0 atom stereocenters. The summed E-state index contributed by atoms with van der Waals surface area (Å²) in [5.41, 5.74) is 0.483. The summed E-state index contributed by atoms with van der Waals surface area (Å²) in [5.74, 6) is -4.52. The van der Waals surface area contributed by atoms with Crippen molar-refractivity contribution in [1.82, 2.24) is 0 Å². The van der Waals surface area contributed by atoms with E-state index in [0.29, 0.717) is 10.5 Å². The zero-order valence-corrected chi connectivity index (χ0v) is 12.0. The highest BCUT2D eigenvalue weighted by molar-refractivity contribution is 6.44. The lowest BCUT2D eigenvalue weighted by atomic mass is 10.0. The number of imide groups is 1. The Morgan fingerprint density at radius 2 is 1.61 bits per heavy atom. The fraction of sp³-hybridized carbons (Fsp3) is 0.0588. The molecule has 2 aromatic rings. The quantitative estimate of drug-likeness (QED) is 0.866. The predicted octanol–water partition coefficient (Wildman–Crippen LogP) is 3.12. The smallest absolute Gasteiger partial charge is 0.301 e. The topological polar surface area (TPSA) is 57.6 Å². The number of carbonyl (C=O) groups is 2. The van der Waals surface area contributed by atoms with Gasteiger partial charge in [0.05, 0.1) is 11.3 Å². The number of nitrogens with zero attached hydrogens (tertiary/aromatic N) is 1. The van der Waals surface area contributed by atoms with Crippen molar-refractivity contribution < 1.29 is 23.5 Å². The van der Waals surface area contributed by atoms with E-state index in [1.807, 2.05) is 6.92 Å². The predicted molar refractivity (Wildman–Crippen MR) is 79.6 cm³/mol. The standard InChI is InChI=1S/C17H11F2NO3/c1-9-2-4-10(5-3-9)14-15(21)17(23)20(16(14)22)13-8-11(18)6-7-12(13)19/h2-8,21H,1H3. The van der Waals surface area contributed by atoms with Crippen molar-refractivity contribution in [2.45, 2.75) is 6.92 Å². The van der Waals surface area contributed by atoms with Gasteiger partial charge in [0.25, 0.3) is 5.91 Å². The fourth-order valence-corrected chi connectivity index (χ4v) is 2.37. The Hall–Kier alpha value is -3.02. The molecule has 1 heterocycles. The zero-order chi connectivity index (χ0) is 16.7. The minimum Gasteiger partial charge on any atom is -0.502 e. The van der Waals surface area contributed by atoms with Crippen molar-refractivity contribution in [3.8, 4) is 0 Å². The normalized spacial score (nSPS) is 14.8. The Bertz CT molecular complexity index is 857. The number of aryl methyl sites for hydroxylation is 1. The SMILES string of the molecule is Cc1ccc(C2=C(O)C(=O)N(c3cc(F)ccc3F)C2=O)cc1. The molecule has 23 heavy (non-hydrogen) atoms. The van der Waals surface area contributed by atoms with Gasteiger partial charge in [-0.2, -0.15) is 0 Å². The number of aliphatic hydroxyl groups excluding tert-OH is 1. The third-order valence-corrected chi connectivity index (χ3v) is 3.55. The van der Waals surface area contributed by atoms with Crippen LogP contribution in [-0.2, 0) is 9.59 Å². The molecular weight excluding hydrogens is 304 g/mol. The molecule has 1 aliphatic rings. The van der Waals surface area contributed by atoms with Crippen molar-refractivity contribution in [2.75, 3.05) is 4.90 Å². The summed E-state index contributed by atoms with van der Waals surface area (Å²) in [5, 5.41) is 9.99. The monoisotopic (exact) mass is 315 g/mol. The second-order valence-corrected chi connectivity index (χ2v) is 5.13. The Labute approximate surface area is 130 Å². The summed E-state index contributed by atoms with van der Waals surface area (Å²) in [6, 6.07) is 8.97. The molecule has 6 heteroatoms. The highest BCUT2D eigenvalue weighted by Crippen LogP contribution is 2.33. The molecule has 0 saturated carbocycles. The summed E-state index contributed by atoms with van der Waals surface area (Å²) in [7, 11) is 0. The van der Waals surface area contributed by atoms with Gasteiger partial charge >= 0.3 is 5.91 Å². The van der Waals surface area contributed by atoms with Crippen LogP contribution in [0.2, 0.25) is 0 Å². The average molecular weight is 315 g/mol. The average Bonchev–Trinajstić information content (AvgIpc) is 2.73. The summed E-state index contributed by atoms with van der Waals surface area (Å²) in [4.78, 5) is 25.0. The van der Waals surface area contributed by atoms with E-state index in [4.69, 9.17) is 0 Å². The van der Waals surface area contributed by atoms with Crippen LogP contribution in [0.4, 0.5) is 14.5 Å². The molecule has 0 aliphatic carbocycles. The number of hydrogen-bond donors (Lipinski definition) is 1. The number of hydrogen-bond acceptors (Lipinski definition) is 3. The van der Waals surface area contributed by atoms with Crippen molar-refractivity contribution in [2.24, 2.45) is 0 Å². The van der Waals surface area contributed by atoms with E-state index < -0.39 is 34.9 Å². The van der Waals surface area contributed by atoms with Crippen LogP contribution >= 0.6 is 0 Å². The van der Waals surface area contributed by atoms with Crippen LogP contribution in [0, 0.1) is 18.6 Å². The van der Waals surface area contributed by atoms with Gasteiger partial charge in [-0.1, -0.05) is 29.8 Å². The first-order chi connectivity index (χ1) is 10.9. The van der Waals surface area contributed by atoms with Crippen LogP contribution in [-0.4, -0.2) is 16.9 Å². The fourth-order valence-electron chi connectivity index (χ4n) is 2.37. The Kier molecular flexibility index (Phi) is 3.44. The highest BCUT2D eigenvalue weighted by atomic mass is 19.1. The number of halogens is 2. The minimum atomic E-state index is -1.09. The molecule has 1 N–H and O–H groups in total. The largest absolute Gasteiger partial charge is 0.502 e. The van der Waals surface area contributed by atoms with Crippen LogP contribution in [0.15, 0.2) is 48.2 Å². The minimum absolute atomic E-state index is 0.237. The summed E-state index contributed by atoms with van der Waals surface area (Å²) in [6.45, 7) is 1.84. The second kappa shape index (κ2) is 5.31. The zero-order valence-electron chi connectivity index (χ0n) is 12.0. The Morgan fingerprint density at radius 1 is 0.957 bits per heavy atom. The molecular formula is C17H11F2NO3. The van der Waals surface area contributed by atoms with Crippen LogP contribution in [0.1, 0.15) is 11.1 Å². The molecule has 1 aliphatic heterocycles. The van der Waals surface area contributed by atoms with Gasteiger partial charge in [0.15, 0.2) is 5.76 Å². The van der Waals surface area contributed by atoms with E-state index in [0.717, 1.165) is 23.8 Å². The van der Waals surface area contributed by atoms with Gasteiger partial charge < -0.3 is 5.11 Å². The summed E-state index contributed by atoms with van der Waals surface area (Å²) < 4.78 is 27.2. The van der Waals surface area contributed by atoms with E-state index in [1.54, 1.807) is 24.3 Å². The number of carbonyl (C=O) groups excluding carboxylic acids is 2. The molecule has 0 radical (unpaired) electrons. The van der Waals surface area contributed by atoms with E-state index in [2.05, 4.69) is 0 Å². The lowest BCUT2D eigenvalue weighted by Crippen LogP contribution is -2.32. The summed E-state index contributed by atoms with van der Waals surface area (Å²) >= 11 is 0. The van der Waals surface area contributed by atoms with Crippen LogP contribution in [0.3, 0.4) is 0 Å². The van der Waals surface area contributed by atoms with Crippen molar-refractivity contribution in [3.63, 3.8) is 0 Å². The van der Waals surface area contributed by atoms with Gasteiger partial charge in [-0.3, -0.25) is 9.59 Å². The molecule has 0 saturated heterocycles. The van der Waals surface area contributed by atoms with E-state index in [1.165, 1.54) is 0 Å². The van der Waals surface area contributed by atoms with Crippen LogP contribution in [0.5, 0.6) is 0 Å². The second-order valence-electron chi connectivity index (χ2n) is 5.13. The molecule has 0 bridgehead atoms. The number of amides is 2. The maximum atomic E-state index is 13.9. The van der Waals surface area contributed by atoms with Gasteiger partial charge in [0, 0.05) is 6.07 Å². The number of anilines is 1. The molecule has 0 unspecified atom stereocenters. The molecule has 3 rings (SSSR count). The van der Waals surface area contributed by atoms with Gasteiger partial charge in [-0.15, -0.1) is 0 Å². The molecule has 2 amide bonds. The third-order valence-electron chi connectivity index (χ3n) is 3.55. The van der Waals surface area contributed by atoms with Gasteiger partial charge in [-0.05, 0) is 24.6 Å². The molecule has 4 nitrogen and oxygen atoms in total. The maximum Gasteiger partial charge on any atom is 0.301 e. The first kappa shape index (κ1) is 14.9. The molecule has 2 aromatic carbocycles. The van der Waals surface area contributed by atoms with Crippen LogP contribution in [0.25, 0.3) is 5.57 Å². The maximum absolute atomic E-state index is 13.9.